The molecule has 2 aromatic rings. The first-order chi connectivity index (χ1) is 19.5. The quantitative estimate of drug-likeness (QED) is 0.145. The van der Waals surface area contributed by atoms with E-state index in [0.717, 1.165) is 45.7 Å². The maximum absolute atomic E-state index is 14.0. The van der Waals surface area contributed by atoms with Gasteiger partial charge in [0.1, 0.15) is 0 Å². The van der Waals surface area contributed by atoms with Crippen LogP contribution < -0.4 is 53.6 Å². The van der Waals surface area contributed by atoms with E-state index in [1.807, 2.05) is 10.6 Å². The van der Waals surface area contributed by atoms with Crippen molar-refractivity contribution in [2.24, 2.45) is 3.15 Å². The third kappa shape index (κ3) is 8.19. The number of methoxy groups -OCH3 is 1. The number of nitrogens with one attached hydrogen (secondary N) is 1. The number of hydrogen-bond donors (Lipinski definition) is 1. The summed E-state index contributed by atoms with van der Waals surface area (Å²) in [7, 11) is 3.88. The molecule has 1 aromatic carbocycles. The topological polar surface area (TPSA) is 88.8 Å². The summed E-state index contributed by atoms with van der Waals surface area (Å²) >= 11 is -1.24. The van der Waals surface area contributed by atoms with Crippen LogP contribution in [0.25, 0.3) is 10.9 Å². The molecule has 2 aliphatic heterocycles. The van der Waals surface area contributed by atoms with Gasteiger partial charge in [0.2, 0.25) is 0 Å². The Morgan fingerprint density at radius 3 is 2.70 bits per heavy atom. The van der Waals surface area contributed by atoms with Crippen LogP contribution in [0.15, 0.2) is 47.2 Å². The van der Waals surface area contributed by atoms with Crippen LogP contribution in [-0.2, 0) is 16.1 Å². The second kappa shape index (κ2) is 15.1. The van der Waals surface area contributed by atoms with Crippen LogP contribution in [0.4, 0.5) is 0 Å². The van der Waals surface area contributed by atoms with Gasteiger partial charge in [-0.1, -0.05) is 0 Å². The molecule has 0 radical (unpaired) electrons. The fourth-order valence-electron chi connectivity index (χ4n) is 5.08. The summed E-state index contributed by atoms with van der Waals surface area (Å²) < 4.78 is 18.6. The fraction of sp³-hybridized carbons (Fsp3) is 0.552. The van der Waals surface area contributed by atoms with Gasteiger partial charge >= 0.3 is 270 Å². The third-order valence-corrected chi connectivity index (χ3v) is 15.6. The van der Waals surface area contributed by atoms with Crippen molar-refractivity contribution in [2.45, 2.75) is 74.7 Å². The Labute approximate surface area is 267 Å². The SMILES string of the molecule is COCCN(C)[I-]c1ccc2c(=O)n(CCC3=CC4=C(CC(=O)N4)N=I3)c([I-]C3CCCCCCCC3)nc2c1. The Morgan fingerprint density at radius 2 is 1.93 bits per heavy atom. The van der Waals surface area contributed by atoms with Gasteiger partial charge in [0.25, 0.3) is 0 Å². The Balaban J connectivity index is 1.42. The number of alkyl halides is 1. The van der Waals surface area contributed by atoms with Crippen molar-refractivity contribution in [1.82, 2.24) is 18.0 Å². The number of benzene rings is 1. The van der Waals surface area contributed by atoms with Crippen molar-refractivity contribution in [2.75, 3.05) is 27.3 Å². The number of carbonyl (C=O) groups excluding carboxylic acids is 1. The van der Waals surface area contributed by atoms with E-state index in [9.17, 15) is 9.59 Å². The average Bonchev–Trinajstić information content (AvgIpc) is 3.37. The number of nitrogens with zero attached hydrogens (tertiary/aromatic N) is 4. The molecule has 0 atom stereocenters. The van der Waals surface area contributed by atoms with Crippen LogP contribution >= 0.6 is 21.0 Å². The normalized spacial score (nSPS) is 18.9. The van der Waals surface area contributed by atoms with Crippen LogP contribution in [0.2, 0.25) is 0 Å². The predicted octanol–water partition coefficient (Wildman–Crippen LogP) is -0.917. The first-order valence-corrected chi connectivity index (χ1v) is 20.5. The van der Waals surface area contributed by atoms with Crippen LogP contribution in [0.3, 0.4) is 0 Å². The zero-order chi connectivity index (χ0) is 27.9. The molecule has 3 aliphatic rings. The standard InChI is InChI=1S/C29H38I3N5O3/c1-36(15-16-40-2)32-22-11-12-23-24(18-22)34-29(30-20-9-7-5-3-4-6-8-10-20)37(28(23)39)14-13-21-17-25-26(35-31-21)19-27(38)33-25/h11-12,17-18,20H,3-10,13-16,19H2,1-2H3,(H,33,38)/q-2. The Hall–Kier alpha value is -0.780. The van der Waals surface area contributed by atoms with Gasteiger partial charge in [-0.15, -0.1) is 0 Å². The summed E-state index contributed by atoms with van der Waals surface area (Å²) in [6.45, 7) is 2.26. The average molecular weight is 885 g/mol. The van der Waals surface area contributed by atoms with Crippen molar-refractivity contribution in [3.05, 3.63) is 57.0 Å². The number of hydrogen-bond acceptors (Lipinski definition) is 6. The zero-order valence-electron chi connectivity index (χ0n) is 23.2. The van der Waals surface area contributed by atoms with Crippen molar-refractivity contribution in [1.29, 1.82) is 0 Å². The molecular formula is C29H38I3N5O3-2. The molecule has 1 aliphatic carbocycles. The summed E-state index contributed by atoms with van der Waals surface area (Å²) in [5, 5.41) is 3.66. The maximum atomic E-state index is 14.0. The van der Waals surface area contributed by atoms with Gasteiger partial charge in [0.15, 0.2) is 0 Å². The van der Waals surface area contributed by atoms with E-state index in [2.05, 4.69) is 33.7 Å². The molecule has 0 bridgehead atoms. The summed E-state index contributed by atoms with van der Waals surface area (Å²) in [6.07, 6.45) is 13.8. The van der Waals surface area contributed by atoms with Crippen molar-refractivity contribution in [3.63, 3.8) is 0 Å². The molecule has 1 amide bonds. The Bertz CT molecular complexity index is 1380. The molecule has 40 heavy (non-hydrogen) atoms. The molecule has 1 fully saturated rings. The first-order valence-electron chi connectivity index (χ1n) is 14.1. The number of aromatic nitrogens is 2. The van der Waals surface area contributed by atoms with Crippen molar-refractivity contribution in [3.8, 4) is 0 Å². The molecule has 5 rings (SSSR count). The summed E-state index contributed by atoms with van der Waals surface area (Å²) in [5.74, 6) is 0.0268. The summed E-state index contributed by atoms with van der Waals surface area (Å²) in [4.78, 5) is 31.0. The first kappa shape index (κ1) is 30.7. The van der Waals surface area contributed by atoms with E-state index in [1.165, 1.54) is 58.5 Å². The van der Waals surface area contributed by atoms with E-state index < -0.39 is 42.2 Å². The molecule has 11 heteroatoms. The number of halogens is 3. The molecular weight excluding hydrogens is 847 g/mol. The fourth-order valence-corrected chi connectivity index (χ4v) is 12.7. The number of rotatable bonds is 10. The van der Waals surface area contributed by atoms with E-state index in [-0.39, 0.29) is 32.9 Å². The molecule has 8 nitrogen and oxygen atoms in total. The monoisotopic (exact) mass is 885 g/mol. The molecule has 0 unspecified atom stereocenters. The van der Waals surface area contributed by atoms with Crippen LogP contribution in [0, 0.1) is 7.40 Å². The van der Waals surface area contributed by atoms with Crippen LogP contribution in [0.5, 0.6) is 0 Å². The minimum atomic E-state index is -0.504. The second-order valence-electron chi connectivity index (χ2n) is 10.4. The van der Waals surface area contributed by atoms with Gasteiger partial charge in [-0.3, -0.25) is 0 Å². The van der Waals surface area contributed by atoms with Gasteiger partial charge in [-0.05, 0) is 0 Å². The molecule has 220 valence electrons. The number of fused-ring (bicyclic) bond motifs is 1. The van der Waals surface area contributed by atoms with Crippen LogP contribution in [0.1, 0.15) is 64.2 Å². The number of amides is 1. The number of ether oxygens (including phenoxy) is 1. The summed E-state index contributed by atoms with van der Waals surface area (Å²) in [6, 6.07) is 6.28. The van der Waals surface area contributed by atoms with Crippen LogP contribution in [-0.4, -0.2) is 49.8 Å². The van der Waals surface area contributed by atoms with Gasteiger partial charge < -0.3 is 0 Å². The number of allylic oxidation sites excluding steroid dienone is 2. The molecule has 1 aromatic heterocycles. The minimum absolute atomic E-state index is 0.0268. The van der Waals surface area contributed by atoms with E-state index in [0.29, 0.717) is 16.9 Å². The van der Waals surface area contributed by atoms with Gasteiger partial charge in [-0.2, -0.15) is 0 Å². The molecule has 0 saturated heterocycles. The number of likely N-dealkylation sites (N-methyl/N-ethyl adjacent to an activating group) is 1. The van der Waals surface area contributed by atoms with Crippen molar-refractivity contribution < 1.29 is 52.2 Å². The molecule has 3 heterocycles. The molecule has 1 N–H and O–H groups in total. The summed E-state index contributed by atoms with van der Waals surface area (Å²) in [5.41, 5.74) is 2.73. The third-order valence-electron chi connectivity index (χ3n) is 7.29. The Morgan fingerprint density at radius 1 is 1.15 bits per heavy atom. The van der Waals surface area contributed by atoms with Gasteiger partial charge in [0.05, 0.1) is 0 Å². The van der Waals surface area contributed by atoms with Gasteiger partial charge in [-0.25, -0.2) is 0 Å². The van der Waals surface area contributed by atoms with E-state index in [1.54, 1.807) is 7.11 Å². The Kier molecular flexibility index (Phi) is 11.6. The van der Waals surface area contributed by atoms with Crippen molar-refractivity contribution >= 4 is 37.8 Å². The van der Waals surface area contributed by atoms with Gasteiger partial charge in [0, 0.05) is 0 Å². The molecule has 1 saturated carbocycles. The predicted molar refractivity (Wildman–Crippen MR) is 158 cm³/mol. The molecule has 0 spiro atoms. The van der Waals surface area contributed by atoms with E-state index in [4.69, 9.17) is 12.9 Å². The zero-order valence-corrected chi connectivity index (χ0v) is 29.7. The number of carbonyl (C=O) groups is 1. The second-order valence-corrected chi connectivity index (χ2v) is 19.5. The van der Waals surface area contributed by atoms with E-state index >= 15 is 0 Å².